The first-order valence-electron chi connectivity index (χ1n) is 8.77. The zero-order chi connectivity index (χ0) is 16.8. The minimum absolute atomic E-state index is 0.0523. The van der Waals surface area contributed by atoms with Crippen molar-refractivity contribution in [1.82, 2.24) is 0 Å². The monoisotopic (exact) mass is 366 g/mol. The number of hydrogen-bond donors (Lipinski definition) is 0. The van der Waals surface area contributed by atoms with E-state index in [1.54, 1.807) is 0 Å². The third kappa shape index (κ3) is 6.03. The highest BCUT2D eigenvalue weighted by Crippen LogP contribution is 2.52. The van der Waals surface area contributed by atoms with Gasteiger partial charge in [0.1, 0.15) is 5.78 Å². The van der Waals surface area contributed by atoms with E-state index in [2.05, 4.69) is 0 Å². The standard InChI is InChI=1S/C16H30O5S2/c1-2-3-11-23(18,19)21-22(12-9-20-10-13-22)14-16(17)15-7-5-4-6-8-15/h15H,2-14H2,1H3. The Hall–Kier alpha value is -0.110. The molecule has 5 nitrogen and oxygen atoms in total. The molecule has 0 N–H and O–H groups in total. The van der Waals surface area contributed by atoms with Crippen LogP contribution >= 0.6 is 10.3 Å². The van der Waals surface area contributed by atoms with Crippen LogP contribution in [0.1, 0.15) is 51.9 Å². The minimum Gasteiger partial charge on any atom is -0.380 e. The van der Waals surface area contributed by atoms with E-state index in [0.29, 0.717) is 36.9 Å². The van der Waals surface area contributed by atoms with Crippen LogP contribution < -0.4 is 0 Å². The molecule has 1 heterocycles. The number of rotatable bonds is 8. The topological polar surface area (TPSA) is 69.7 Å². The summed E-state index contributed by atoms with van der Waals surface area (Å²) in [5.74, 6) is 1.81. The van der Waals surface area contributed by atoms with Crippen molar-refractivity contribution in [3.8, 4) is 0 Å². The predicted octanol–water partition coefficient (Wildman–Crippen LogP) is 3.03. The minimum atomic E-state index is -3.55. The maximum absolute atomic E-state index is 12.7. The van der Waals surface area contributed by atoms with Crippen molar-refractivity contribution in [2.45, 2.75) is 51.9 Å². The fraction of sp³-hybridized carbons (Fsp3) is 0.938. The number of unbranched alkanes of at least 4 members (excludes halogenated alkanes) is 1. The summed E-state index contributed by atoms with van der Waals surface area (Å²) in [5.41, 5.74) is 0. The van der Waals surface area contributed by atoms with Crippen molar-refractivity contribution in [2.75, 3.05) is 36.2 Å². The van der Waals surface area contributed by atoms with Crippen LogP contribution in [0.25, 0.3) is 0 Å². The molecule has 0 radical (unpaired) electrons. The van der Waals surface area contributed by atoms with E-state index in [0.717, 1.165) is 32.1 Å². The van der Waals surface area contributed by atoms with Gasteiger partial charge < -0.3 is 4.74 Å². The van der Waals surface area contributed by atoms with Gasteiger partial charge in [0.2, 0.25) is 0 Å². The van der Waals surface area contributed by atoms with Gasteiger partial charge in [0, 0.05) is 17.4 Å². The highest BCUT2D eigenvalue weighted by atomic mass is 32.3. The normalized spacial score (nSPS) is 24.2. The molecule has 2 rings (SSSR count). The second-order valence-corrected chi connectivity index (χ2v) is 11.7. The van der Waals surface area contributed by atoms with Crippen LogP contribution in [0, 0.1) is 5.92 Å². The predicted molar refractivity (Wildman–Crippen MR) is 94.4 cm³/mol. The number of ether oxygens (including phenoxy) is 1. The molecule has 0 aromatic rings. The van der Waals surface area contributed by atoms with Gasteiger partial charge in [-0.25, -0.2) is 3.63 Å². The van der Waals surface area contributed by atoms with Crippen molar-refractivity contribution in [2.24, 2.45) is 5.92 Å². The molecule has 2 aliphatic rings. The summed E-state index contributed by atoms with van der Waals surface area (Å²) in [5, 5.41) is 0. The van der Waals surface area contributed by atoms with Crippen LogP contribution in [0.4, 0.5) is 0 Å². The highest BCUT2D eigenvalue weighted by Gasteiger charge is 2.37. The van der Waals surface area contributed by atoms with Crippen LogP contribution in [-0.4, -0.2) is 50.4 Å². The first-order valence-corrected chi connectivity index (χ1v) is 12.4. The smallest absolute Gasteiger partial charge is 0.276 e. The Kier molecular flexibility index (Phi) is 7.38. The molecule has 1 aliphatic heterocycles. The Morgan fingerprint density at radius 1 is 1.17 bits per heavy atom. The molecule has 1 aliphatic carbocycles. The van der Waals surface area contributed by atoms with Gasteiger partial charge in [-0.3, -0.25) is 4.79 Å². The maximum atomic E-state index is 12.7. The lowest BCUT2D eigenvalue weighted by molar-refractivity contribution is -0.121. The zero-order valence-electron chi connectivity index (χ0n) is 14.1. The second-order valence-electron chi connectivity index (χ2n) is 6.62. The molecule has 0 atom stereocenters. The van der Waals surface area contributed by atoms with Crippen LogP contribution in [0.5, 0.6) is 0 Å². The van der Waals surface area contributed by atoms with Gasteiger partial charge in [0.15, 0.2) is 0 Å². The van der Waals surface area contributed by atoms with E-state index in [1.807, 2.05) is 6.92 Å². The molecule has 0 aromatic carbocycles. The van der Waals surface area contributed by atoms with Gasteiger partial charge in [0.05, 0.1) is 24.7 Å². The Balaban J connectivity index is 2.04. The van der Waals surface area contributed by atoms with Crippen LogP contribution in [0.15, 0.2) is 0 Å². The van der Waals surface area contributed by atoms with E-state index in [-0.39, 0.29) is 17.5 Å². The molecule has 0 unspecified atom stereocenters. The van der Waals surface area contributed by atoms with Gasteiger partial charge in [-0.2, -0.15) is 8.42 Å². The molecule has 2 fully saturated rings. The molecular formula is C16H30O5S2. The van der Waals surface area contributed by atoms with Crippen LogP contribution in [-0.2, 0) is 23.3 Å². The van der Waals surface area contributed by atoms with Gasteiger partial charge in [-0.05, 0) is 19.3 Å². The van der Waals surface area contributed by atoms with Gasteiger partial charge >= 0.3 is 0 Å². The number of Topliss-reactive ketones (excluding diaryl/α,β-unsaturated/α-hetero) is 1. The largest absolute Gasteiger partial charge is 0.380 e. The number of carbonyl (C=O) groups is 1. The molecule has 0 bridgehead atoms. The molecule has 136 valence electrons. The van der Waals surface area contributed by atoms with Crippen molar-refractivity contribution >= 4 is 26.2 Å². The summed E-state index contributed by atoms with van der Waals surface area (Å²) in [6.45, 7) is 2.95. The molecular weight excluding hydrogens is 336 g/mol. The second kappa shape index (κ2) is 8.83. The Morgan fingerprint density at radius 2 is 1.83 bits per heavy atom. The van der Waals surface area contributed by atoms with E-state index in [4.69, 9.17) is 8.37 Å². The summed E-state index contributed by atoms with van der Waals surface area (Å²) in [6.07, 6.45) is 6.74. The fourth-order valence-electron chi connectivity index (χ4n) is 3.24. The maximum Gasteiger partial charge on any atom is 0.276 e. The third-order valence-corrected chi connectivity index (χ3v) is 10.1. The van der Waals surface area contributed by atoms with Crippen LogP contribution in [0.3, 0.4) is 0 Å². The van der Waals surface area contributed by atoms with E-state index in [9.17, 15) is 13.2 Å². The molecule has 7 heteroatoms. The molecule has 1 saturated heterocycles. The zero-order valence-corrected chi connectivity index (χ0v) is 15.8. The Labute approximate surface area is 142 Å². The van der Waals surface area contributed by atoms with E-state index < -0.39 is 20.4 Å². The van der Waals surface area contributed by atoms with Gasteiger partial charge in [0.25, 0.3) is 10.1 Å². The summed E-state index contributed by atoms with van der Waals surface area (Å²) in [7, 11) is -5.45. The molecule has 0 amide bonds. The van der Waals surface area contributed by atoms with Crippen molar-refractivity contribution < 1.29 is 21.6 Å². The van der Waals surface area contributed by atoms with Crippen molar-refractivity contribution in [3.63, 3.8) is 0 Å². The van der Waals surface area contributed by atoms with E-state index >= 15 is 0 Å². The number of hydrogen-bond acceptors (Lipinski definition) is 5. The van der Waals surface area contributed by atoms with Crippen molar-refractivity contribution in [1.29, 1.82) is 0 Å². The Morgan fingerprint density at radius 3 is 2.43 bits per heavy atom. The summed E-state index contributed by atoms with van der Waals surface area (Å²) < 4.78 is 35.6. The quantitative estimate of drug-likeness (QED) is 0.660. The van der Waals surface area contributed by atoms with Crippen LogP contribution in [0.2, 0.25) is 0 Å². The summed E-state index contributed by atoms with van der Waals surface area (Å²) >= 11 is 0. The lowest BCUT2D eigenvalue weighted by Crippen LogP contribution is -2.34. The highest BCUT2D eigenvalue weighted by molar-refractivity contribution is 8.33. The number of ketones is 1. The molecule has 0 spiro atoms. The van der Waals surface area contributed by atoms with E-state index in [1.165, 1.54) is 6.42 Å². The fourth-order valence-corrected chi connectivity index (χ4v) is 8.74. The first kappa shape index (κ1) is 19.2. The number of carbonyl (C=O) groups excluding carboxylic acids is 1. The third-order valence-electron chi connectivity index (χ3n) is 4.66. The summed E-state index contributed by atoms with van der Waals surface area (Å²) in [4.78, 5) is 12.7. The SMILES string of the molecule is CCCCS(=O)(=O)OS1(CC(=O)C2CCCCC2)CCOCC1. The molecule has 23 heavy (non-hydrogen) atoms. The lowest BCUT2D eigenvalue weighted by Gasteiger charge is -2.41. The molecule has 0 aromatic heterocycles. The van der Waals surface area contributed by atoms with Crippen molar-refractivity contribution in [3.05, 3.63) is 0 Å². The lowest BCUT2D eigenvalue weighted by atomic mass is 9.87. The first-order chi connectivity index (χ1) is 11.0. The summed E-state index contributed by atoms with van der Waals surface area (Å²) in [6, 6.07) is 0. The van der Waals surface area contributed by atoms with Gasteiger partial charge in [-0.15, -0.1) is 10.3 Å². The molecule has 1 saturated carbocycles. The van der Waals surface area contributed by atoms with Gasteiger partial charge in [-0.1, -0.05) is 32.6 Å². The Bertz CT molecular complexity index is 477. The average Bonchev–Trinajstić information content (AvgIpc) is 2.54. The average molecular weight is 367 g/mol.